The van der Waals surface area contributed by atoms with Crippen LogP contribution in [0.5, 0.6) is 0 Å². The molecule has 15 heavy (non-hydrogen) atoms. The van der Waals surface area contributed by atoms with Gasteiger partial charge in [-0.25, -0.2) is 4.79 Å². The van der Waals surface area contributed by atoms with Crippen molar-refractivity contribution in [2.75, 3.05) is 13.2 Å². The van der Waals surface area contributed by atoms with E-state index in [1.165, 1.54) is 4.90 Å². The number of carbonyl (C=O) groups is 1. The first-order valence-electron chi connectivity index (χ1n) is 5.02. The molecule has 1 heterocycles. The number of nitrogens with zero attached hydrogens (tertiary/aromatic N) is 1. The number of hydrogen-bond donors (Lipinski definition) is 2. The number of rotatable bonds is 1. The van der Waals surface area contributed by atoms with Gasteiger partial charge >= 0.3 is 6.09 Å². The molecule has 0 bridgehead atoms. The van der Waals surface area contributed by atoms with Crippen LogP contribution in [0.4, 0.5) is 4.79 Å². The van der Waals surface area contributed by atoms with Crippen LogP contribution >= 0.6 is 0 Å². The number of aliphatic hydroxyl groups excluding tert-OH is 1. The van der Waals surface area contributed by atoms with E-state index in [4.69, 9.17) is 9.84 Å². The number of aliphatic hydroxyl groups is 2. The molecular formula is C10H19NO4. The van der Waals surface area contributed by atoms with E-state index in [1.54, 1.807) is 27.7 Å². The van der Waals surface area contributed by atoms with Crippen LogP contribution in [0.25, 0.3) is 0 Å². The van der Waals surface area contributed by atoms with Gasteiger partial charge in [0.2, 0.25) is 0 Å². The maximum atomic E-state index is 11.6. The van der Waals surface area contributed by atoms with E-state index < -0.39 is 23.3 Å². The maximum Gasteiger partial charge on any atom is 0.410 e. The highest BCUT2D eigenvalue weighted by Crippen LogP contribution is 2.30. The number of likely N-dealkylation sites (tertiary alicyclic amines) is 1. The Balaban J connectivity index is 2.53. The van der Waals surface area contributed by atoms with Gasteiger partial charge in [0.05, 0.1) is 19.2 Å². The molecule has 0 saturated carbocycles. The molecule has 1 unspecified atom stereocenters. The topological polar surface area (TPSA) is 70.0 Å². The van der Waals surface area contributed by atoms with Gasteiger partial charge in [0.15, 0.2) is 0 Å². The van der Waals surface area contributed by atoms with Crippen molar-refractivity contribution in [3.8, 4) is 0 Å². The van der Waals surface area contributed by atoms with E-state index in [-0.39, 0.29) is 13.2 Å². The molecule has 1 fully saturated rings. The molecule has 0 aromatic heterocycles. The summed E-state index contributed by atoms with van der Waals surface area (Å²) in [6.07, 6.45) is -0.451. The van der Waals surface area contributed by atoms with Crippen molar-refractivity contribution >= 4 is 6.09 Å². The van der Waals surface area contributed by atoms with Gasteiger partial charge in [-0.3, -0.25) is 4.90 Å². The standard InChI is InChI=1S/C10H19NO4/c1-7-10(14,6-12)5-11(7)8(13)15-9(2,3)4/h7,12,14H,5-6H2,1-4H3/t7-,10?/m0/s1. The molecule has 5 heteroatoms. The first kappa shape index (κ1) is 12.3. The first-order valence-corrected chi connectivity index (χ1v) is 5.02. The number of ether oxygens (including phenoxy) is 1. The fourth-order valence-electron chi connectivity index (χ4n) is 1.47. The average molecular weight is 217 g/mol. The van der Waals surface area contributed by atoms with E-state index in [0.29, 0.717) is 0 Å². The zero-order chi connectivity index (χ0) is 11.9. The molecule has 0 aromatic rings. The van der Waals surface area contributed by atoms with Crippen LogP contribution in [0.15, 0.2) is 0 Å². The highest BCUT2D eigenvalue weighted by Gasteiger charge is 2.51. The summed E-state index contributed by atoms with van der Waals surface area (Å²) in [6, 6.07) is -0.405. The van der Waals surface area contributed by atoms with Gasteiger partial charge in [-0.1, -0.05) is 0 Å². The summed E-state index contributed by atoms with van der Waals surface area (Å²) in [7, 11) is 0. The molecule has 1 saturated heterocycles. The second-order valence-corrected chi connectivity index (χ2v) is 5.05. The summed E-state index contributed by atoms with van der Waals surface area (Å²) in [4.78, 5) is 13.0. The first-order chi connectivity index (χ1) is 6.69. The second kappa shape index (κ2) is 3.64. The Morgan fingerprint density at radius 2 is 2.13 bits per heavy atom. The molecule has 0 aromatic carbocycles. The quantitative estimate of drug-likeness (QED) is 0.665. The van der Waals surface area contributed by atoms with Crippen LogP contribution in [0.1, 0.15) is 27.7 Å². The smallest absolute Gasteiger partial charge is 0.410 e. The molecule has 1 aliphatic heterocycles. The predicted molar refractivity (Wildman–Crippen MR) is 54.4 cm³/mol. The summed E-state index contributed by atoms with van der Waals surface area (Å²) in [5, 5.41) is 18.6. The summed E-state index contributed by atoms with van der Waals surface area (Å²) in [5.41, 5.74) is -1.71. The van der Waals surface area contributed by atoms with Crippen molar-refractivity contribution in [1.82, 2.24) is 4.90 Å². The Bertz CT molecular complexity index is 261. The molecule has 5 nitrogen and oxygen atoms in total. The van der Waals surface area contributed by atoms with Gasteiger partial charge in [-0.2, -0.15) is 0 Å². The van der Waals surface area contributed by atoms with E-state index >= 15 is 0 Å². The molecule has 1 aliphatic rings. The highest BCUT2D eigenvalue weighted by molar-refractivity contribution is 5.70. The molecule has 0 aliphatic carbocycles. The molecule has 88 valence electrons. The summed E-state index contributed by atoms with van der Waals surface area (Å²) in [5.74, 6) is 0. The van der Waals surface area contributed by atoms with Crippen molar-refractivity contribution in [2.24, 2.45) is 0 Å². The summed E-state index contributed by atoms with van der Waals surface area (Å²) >= 11 is 0. The number of β-amino-alcohol motifs (C(OH)–C–C–N with tert-alkyl or cyclic N) is 1. The molecule has 2 N–H and O–H groups in total. The van der Waals surface area contributed by atoms with Crippen LogP contribution < -0.4 is 0 Å². The van der Waals surface area contributed by atoms with E-state index in [9.17, 15) is 9.90 Å². The Morgan fingerprint density at radius 3 is 2.47 bits per heavy atom. The number of amides is 1. The van der Waals surface area contributed by atoms with Gasteiger partial charge in [0.25, 0.3) is 0 Å². The van der Waals surface area contributed by atoms with Crippen molar-refractivity contribution in [3.63, 3.8) is 0 Å². The fourth-order valence-corrected chi connectivity index (χ4v) is 1.47. The van der Waals surface area contributed by atoms with Crippen LogP contribution in [0, 0.1) is 0 Å². The van der Waals surface area contributed by atoms with Crippen LogP contribution in [0.3, 0.4) is 0 Å². The lowest BCUT2D eigenvalue weighted by atomic mass is 9.86. The third-order valence-corrected chi connectivity index (χ3v) is 2.59. The van der Waals surface area contributed by atoms with Gasteiger partial charge in [0.1, 0.15) is 11.2 Å². The molecule has 2 atom stereocenters. The zero-order valence-electron chi connectivity index (χ0n) is 9.65. The average Bonchev–Trinajstić information content (AvgIpc) is 2.10. The second-order valence-electron chi connectivity index (χ2n) is 5.05. The lowest BCUT2D eigenvalue weighted by Gasteiger charge is -2.51. The van der Waals surface area contributed by atoms with E-state index in [1.807, 2.05) is 0 Å². The van der Waals surface area contributed by atoms with Crippen LogP contribution in [-0.2, 0) is 4.74 Å². The third kappa shape index (κ3) is 2.41. The minimum atomic E-state index is -1.17. The van der Waals surface area contributed by atoms with E-state index in [2.05, 4.69) is 0 Å². The lowest BCUT2D eigenvalue weighted by Crippen LogP contribution is -2.71. The summed E-state index contributed by atoms with van der Waals surface area (Å²) in [6.45, 7) is 6.82. The molecule has 1 rings (SSSR count). The largest absolute Gasteiger partial charge is 0.444 e. The van der Waals surface area contributed by atoms with E-state index in [0.717, 1.165) is 0 Å². The Labute approximate surface area is 89.6 Å². The zero-order valence-corrected chi connectivity index (χ0v) is 9.65. The third-order valence-electron chi connectivity index (χ3n) is 2.59. The minimum Gasteiger partial charge on any atom is -0.444 e. The molecular weight excluding hydrogens is 198 g/mol. The van der Waals surface area contributed by atoms with Crippen molar-refractivity contribution < 1.29 is 19.7 Å². The number of carbonyl (C=O) groups excluding carboxylic acids is 1. The van der Waals surface area contributed by atoms with Crippen molar-refractivity contribution in [3.05, 3.63) is 0 Å². The molecule has 0 radical (unpaired) electrons. The van der Waals surface area contributed by atoms with Crippen molar-refractivity contribution in [2.45, 2.75) is 44.9 Å². The predicted octanol–water partition coefficient (Wildman–Crippen LogP) is 0.349. The van der Waals surface area contributed by atoms with Gasteiger partial charge in [-0.05, 0) is 27.7 Å². The SMILES string of the molecule is C[C@@H]1N(C(=O)OC(C)(C)C)CC1(O)CO. The van der Waals surface area contributed by atoms with Gasteiger partial charge < -0.3 is 14.9 Å². The van der Waals surface area contributed by atoms with Crippen LogP contribution in [0.2, 0.25) is 0 Å². The highest BCUT2D eigenvalue weighted by atomic mass is 16.6. The fraction of sp³-hybridized carbons (Fsp3) is 0.900. The van der Waals surface area contributed by atoms with Gasteiger partial charge in [-0.15, -0.1) is 0 Å². The monoisotopic (exact) mass is 217 g/mol. The Hall–Kier alpha value is -0.810. The van der Waals surface area contributed by atoms with Gasteiger partial charge in [0, 0.05) is 0 Å². The Morgan fingerprint density at radius 1 is 1.60 bits per heavy atom. The molecule has 0 spiro atoms. The molecule has 1 amide bonds. The van der Waals surface area contributed by atoms with Crippen molar-refractivity contribution in [1.29, 1.82) is 0 Å². The lowest BCUT2D eigenvalue weighted by molar-refractivity contribution is -0.160. The van der Waals surface area contributed by atoms with Crippen LogP contribution in [-0.4, -0.2) is 51.6 Å². The summed E-state index contributed by atoms with van der Waals surface area (Å²) < 4.78 is 5.14. The Kier molecular flexibility index (Phi) is 2.98. The minimum absolute atomic E-state index is 0.125. The normalized spacial score (nSPS) is 31.1. The number of hydrogen-bond acceptors (Lipinski definition) is 4. The maximum absolute atomic E-state index is 11.6.